The molecule has 0 aliphatic heterocycles. The van der Waals surface area contributed by atoms with E-state index < -0.39 is 0 Å². The van der Waals surface area contributed by atoms with E-state index in [1.165, 1.54) is 25.8 Å². The number of nitrogens with one attached hydrogen (secondary N) is 1. The van der Waals surface area contributed by atoms with Crippen molar-refractivity contribution in [2.24, 2.45) is 17.8 Å². The molecule has 0 bridgehead atoms. The largest absolute Gasteiger partial charge is 0.314 e. The maximum Gasteiger partial charge on any atom is 0.00683 e. The summed E-state index contributed by atoms with van der Waals surface area (Å²) in [7, 11) is 0. The number of hydrogen-bond acceptors (Lipinski definition) is 1. The van der Waals surface area contributed by atoms with Crippen molar-refractivity contribution in [1.29, 1.82) is 0 Å². The molecule has 2 aliphatic carbocycles. The summed E-state index contributed by atoms with van der Waals surface area (Å²) in [5.74, 6) is 3.42. The maximum absolute atomic E-state index is 3.67. The van der Waals surface area contributed by atoms with Crippen molar-refractivity contribution in [2.75, 3.05) is 6.54 Å². The Kier molecular flexibility index (Phi) is 3.43. The molecule has 0 spiro atoms. The van der Waals surface area contributed by atoms with Crippen LogP contribution in [0.15, 0.2) is 30.3 Å². The van der Waals surface area contributed by atoms with E-state index in [-0.39, 0.29) is 0 Å². The van der Waals surface area contributed by atoms with Crippen molar-refractivity contribution in [1.82, 2.24) is 5.32 Å². The Hall–Kier alpha value is -0.820. The molecule has 0 aromatic heterocycles. The fourth-order valence-electron chi connectivity index (χ4n) is 3.13. The van der Waals surface area contributed by atoms with Crippen LogP contribution < -0.4 is 5.32 Å². The Morgan fingerprint density at radius 1 is 1.17 bits per heavy atom. The van der Waals surface area contributed by atoms with Crippen LogP contribution in [0.5, 0.6) is 0 Å². The van der Waals surface area contributed by atoms with Gasteiger partial charge in [-0.2, -0.15) is 0 Å². The first-order chi connectivity index (χ1) is 8.75. The minimum Gasteiger partial charge on any atom is -0.314 e. The Morgan fingerprint density at radius 3 is 2.56 bits per heavy atom. The Labute approximate surface area is 111 Å². The van der Waals surface area contributed by atoms with Gasteiger partial charge in [0.25, 0.3) is 0 Å². The second kappa shape index (κ2) is 5.05. The quantitative estimate of drug-likeness (QED) is 0.801. The molecular weight excluding hydrogens is 218 g/mol. The number of hydrogen-bond donors (Lipinski definition) is 1. The van der Waals surface area contributed by atoms with Gasteiger partial charge < -0.3 is 5.32 Å². The summed E-state index contributed by atoms with van der Waals surface area (Å²) in [4.78, 5) is 0. The van der Waals surface area contributed by atoms with E-state index in [0.717, 1.165) is 29.7 Å². The Bertz CT molecular complexity index is 382. The highest BCUT2D eigenvalue weighted by atomic mass is 14.9. The van der Waals surface area contributed by atoms with E-state index in [1.54, 1.807) is 5.56 Å². The first kappa shape index (κ1) is 12.2. The lowest BCUT2D eigenvalue weighted by molar-refractivity contribution is 0.325. The molecule has 0 radical (unpaired) electrons. The van der Waals surface area contributed by atoms with Crippen LogP contribution in [-0.4, -0.2) is 12.6 Å². The molecule has 1 aromatic carbocycles. The molecule has 1 heteroatoms. The number of benzene rings is 1. The highest BCUT2D eigenvalue weighted by Crippen LogP contribution is 2.53. The summed E-state index contributed by atoms with van der Waals surface area (Å²) in [6.07, 6.45) is 4.20. The van der Waals surface area contributed by atoms with Gasteiger partial charge in [0.1, 0.15) is 0 Å². The smallest absolute Gasteiger partial charge is 0.00683 e. The van der Waals surface area contributed by atoms with Crippen molar-refractivity contribution in [3.8, 4) is 0 Å². The monoisotopic (exact) mass is 243 g/mol. The minimum atomic E-state index is 0.810. The van der Waals surface area contributed by atoms with Crippen molar-refractivity contribution >= 4 is 0 Å². The molecule has 2 saturated carbocycles. The van der Waals surface area contributed by atoms with Gasteiger partial charge in [0, 0.05) is 6.04 Å². The molecule has 2 aliphatic rings. The summed E-state index contributed by atoms with van der Waals surface area (Å²) >= 11 is 0. The van der Waals surface area contributed by atoms with Crippen LogP contribution in [0.3, 0.4) is 0 Å². The van der Waals surface area contributed by atoms with Crippen LogP contribution in [0.1, 0.15) is 44.6 Å². The molecule has 1 nitrogen and oxygen atoms in total. The Morgan fingerprint density at radius 2 is 1.89 bits per heavy atom. The predicted molar refractivity (Wildman–Crippen MR) is 76.6 cm³/mol. The van der Waals surface area contributed by atoms with Crippen LogP contribution in [-0.2, 0) is 0 Å². The molecule has 98 valence electrons. The first-order valence-electron chi connectivity index (χ1n) is 7.54. The van der Waals surface area contributed by atoms with Crippen molar-refractivity contribution in [3.63, 3.8) is 0 Å². The maximum atomic E-state index is 3.67. The number of rotatable bonds is 6. The average molecular weight is 243 g/mol. The summed E-state index contributed by atoms with van der Waals surface area (Å²) in [6.45, 7) is 6.08. The summed E-state index contributed by atoms with van der Waals surface area (Å²) < 4.78 is 0. The second-order valence-corrected chi connectivity index (χ2v) is 6.44. The molecule has 3 rings (SSSR count). The van der Waals surface area contributed by atoms with Gasteiger partial charge in [-0.25, -0.2) is 0 Å². The van der Waals surface area contributed by atoms with Gasteiger partial charge in [0.2, 0.25) is 0 Å². The molecule has 0 heterocycles. The highest BCUT2D eigenvalue weighted by molar-refractivity contribution is 5.26. The van der Waals surface area contributed by atoms with Gasteiger partial charge in [-0.3, -0.25) is 0 Å². The van der Waals surface area contributed by atoms with Crippen LogP contribution in [0.25, 0.3) is 0 Å². The van der Waals surface area contributed by atoms with Gasteiger partial charge in [0.15, 0.2) is 0 Å². The van der Waals surface area contributed by atoms with E-state index in [9.17, 15) is 0 Å². The zero-order valence-corrected chi connectivity index (χ0v) is 11.6. The lowest BCUT2D eigenvalue weighted by Crippen LogP contribution is -2.27. The third-order valence-electron chi connectivity index (χ3n) is 4.95. The first-order valence-corrected chi connectivity index (χ1v) is 7.54. The molecule has 4 atom stereocenters. The molecular formula is C17H25N. The lowest BCUT2D eigenvalue weighted by atomic mass is 9.89. The molecule has 2 fully saturated rings. The fraction of sp³-hybridized carbons (Fsp3) is 0.647. The normalized spacial score (nSPS) is 29.9. The van der Waals surface area contributed by atoms with Crippen molar-refractivity contribution in [2.45, 2.75) is 45.1 Å². The third-order valence-corrected chi connectivity index (χ3v) is 4.95. The zero-order chi connectivity index (χ0) is 12.5. The van der Waals surface area contributed by atoms with Gasteiger partial charge >= 0.3 is 0 Å². The van der Waals surface area contributed by atoms with Crippen molar-refractivity contribution < 1.29 is 0 Å². The van der Waals surface area contributed by atoms with Crippen LogP contribution in [0.4, 0.5) is 0 Å². The van der Waals surface area contributed by atoms with Gasteiger partial charge in [0.05, 0.1) is 0 Å². The zero-order valence-electron chi connectivity index (χ0n) is 11.6. The lowest BCUT2D eigenvalue weighted by Gasteiger charge is -2.20. The van der Waals surface area contributed by atoms with Crippen LogP contribution >= 0.6 is 0 Å². The van der Waals surface area contributed by atoms with Gasteiger partial charge in [-0.15, -0.1) is 0 Å². The third kappa shape index (κ3) is 2.77. The van der Waals surface area contributed by atoms with E-state index in [0.29, 0.717) is 0 Å². The Balaban J connectivity index is 1.50. The van der Waals surface area contributed by atoms with Gasteiger partial charge in [-0.05, 0) is 55.0 Å². The van der Waals surface area contributed by atoms with E-state index in [1.807, 2.05) is 0 Å². The molecule has 0 amide bonds. The van der Waals surface area contributed by atoms with Gasteiger partial charge in [-0.1, -0.05) is 44.2 Å². The molecule has 4 unspecified atom stereocenters. The van der Waals surface area contributed by atoms with Crippen molar-refractivity contribution in [3.05, 3.63) is 35.9 Å². The molecule has 18 heavy (non-hydrogen) atoms. The standard InChI is InChI=1S/C17H25N/c1-12(11-18-15-8-9-15)13(2)16-10-17(16)14-6-4-3-5-7-14/h3-7,12-13,15-18H,8-11H2,1-2H3. The fourth-order valence-corrected chi connectivity index (χ4v) is 3.13. The average Bonchev–Trinajstić information content (AvgIpc) is 3.29. The predicted octanol–water partition coefficient (Wildman–Crippen LogP) is 3.81. The molecule has 1 aromatic rings. The van der Waals surface area contributed by atoms with E-state index in [4.69, 9.17) is 0 Å². The minimum absolute atomic E-state index is 0.810. The summed E-state index contributed by atoms with van der Waals surface area (Å²) in [6, 6.07) is 11.9. The second-order valence-electron chi connectivity index (χ2n) is 6.44. The van der Waals surface area contributed by atoms with Crippen LogP contribution in [0.2, 0.25) is 0 Å². The molecule has 1 N–H and O–H groups in total. The van der Waals surface area contributed by atoms with Crippen LogP contribution in [0, 0.1) is 17.8 Å². The van der Waals surface area contributed by atoms with E-state index in [2.05, 4.69) is 49.5 Å². The summed E-state index contributed by atoms with van der Waals surface area (Å²) in [5.41, 5.74) is 1.55. The molecule has 0 saturated heterocycles. The van der Waals surface area contributed by atoms with E-state index >= 15 is 0 Å². The SMILES string of the molecule is CC(CNC1CC1)C(C)C1CC1c1ccccc1. The highest BCUT2D eigenvalue weighted by Gasteiger charge is 2.43. The topological polar surface area (TPSA) is 12.0 Å². The summed E-state index contributed by atoms with van der Waals surface area (Å²) in [5, 5.41) is 3.67.